The average Bonchev–Trinajstić information content (AvgIpc) is 2.39. The molecule has 0 aliphatic carbocycles. The third-order valence-corrected chi connectivity index (χ3v) is 3.82. The molecule has 0 saturated carbocycles. The second kappa shape index (κ2) is 5.15. The quantitative estimate of drug-likeness (QED) is 0.794. The Morgan fingerprint density at radius 1 is 1.15 bits per heavy atom. The summed E-state index contributed by atoms with van der Waals surface area (Å²) >= 11 is 11.9. The van der Waals surface area contributed by atoms with E-state index >= 15 is 0 Å². The summed E-state index contributed by atoms with van der Waals surface area (Å²) in [7, 11) is 0. The number of ether oxygens (including phenoxy) is 1. The van der Waals surface area contributed by atoms with Crippen molar-refractivity contribution in [2.75, 3.05) is 5.32 Å². The van der Waals surface area contributed by atoms with Crippen LogP contribution in [0.3, 0.4) is 0 Å². The summed E-state index contributed by atoms with van der Waals surface area (Å²) in [6, 6.07) is 10.1. The molecular weight excluding hydrogens is 300 g/mol. The van der Waals surface area contributed by atoms with Crippen LogP contribution in [0, 0.1) is 5.82 Å². The second-order valence-corrected chi connectivity index (χ2v) is 5.63. The van der Waals surface area contributed by atoms with E-state index in [2.05, 4.69) is 5.32 Å². The fourth-order valence-corrected chi connectivity index (χ4v) is 2.72. The molecule has 0 bridgehead atoms. The van der Waals surface area contributed by atoms with Crippen molar-refractivity contribution in [1.82, 2.24) is 0 Å². The molecule has 0 amide bonds. The Morgan fingerprint density at radius 3 is 2.55 bits per heavy atom. The Morgan fingerprint density at radius 2 is 1.85 bits per heavy atom. The highest BCUT2D eigenvalue weighted by molar-refractivity contribution is 6.32. The van der Waals surface area contributed by atoms with Crippen LogP contribution in [0.15, 0.2) is 36.4 Å². The summed E-state index contributed by atoms with van der Waals surface area (Å²) in [5.74, 6) is 0.0908. The maximum absolute atomic E-state index is 13.4. The number of rotatable bonds is 1. The van der Waals surface area contributed by atoms with Gasteiger partial charge in [-0.3, -0.25) is 0 Å². The normalized spacial score (nSPS) is 20.8. The van der Waals surface area contributed by atoms with Gasteiger partial charge in [0, 0.05) is 11.1 Å². The maximum atomic E-state index is 13.4. The van der Waals surface area contributed by atoms with Crippen LogP contribution in [0.25, 0.3) is 0 Å². The Balaban J connectivity index is 1.98. The maximum Gasteiger partial charge on any atom is 0.162 e. The summed E-state index contributed by atoms with van der Waals surface area (Å²) < 4.78 is 19.3. The van der Waals surface area contributed by atoms with E-state index in [1.165, 1.54) is 12.1 Å². The summed E-state index contributed by atoms with van der Waals surface area (Å²) in [6.07, 6.45) is -0.206. The van der Waals surface area contributed by atoms with Gasteiger partial charge in [-0.2, -0.15) is 0 Å². The zero-order valence-corrected chi connectivity index (χ0v) is 12.2. The smallest absolute Gasteiger partial charge is 0.162 e. The minimum Gasteiger partial charge on any atom is -0.480 e. The molecule has 0 radical (unpaired) electrons. The first-order valence-electron chi connectivity index (χ1n) is 6.22. The van der Waals surface area contributed by atoms with Gasteiger partial charge >= 0.3 is 0 Å². The van der Waals surface area contributed by atoms with Crippen LogP contribution < -0.4 is 10.1 Å². The fourth-order valence-electron chi connectivity index (χ4n) is 2.35. The van der Waals surface area contributed by atoms with E-state index in [1.807, 2.05) is 31.2 Å². The molecule has 5 heteroatoms. The number of hydrogen-bond donors (Lipinski definition) is 1. The van der Waals surface area contributed by atoms with Crippen LogP contribution >= 0.6 is 23.2 Å². The number of benzene rings is 2. The number of fused-ring (bicyclic) bond motifs is 1. The van der Waals surface area contributed by atoms with E-state index in [0.29, 0.717) is 16.5 Å². The molecule has 2 aromatic rings. The van der Waals surface area contributed by atoms with E-state index in [4.69, 9.17) is 27.9 Å². The Labute approximate surface area is 126 Å². The fraction of sp³-hybridized carbons (Fsp3) is 0.200. The second-order valence-electron chi connectivity index (χ2n) is 4.79. The minimum atomic E-state index is -0.387. The summed E-state index contributed by atoms with van der Waals surface area (Å²) in [4.78, 5) is 0. The minimum absolute atomic E-state index is 0.0125. The average molecular weight is 312 g/mol. The molecule has 1 aliphatic rings. The van der Waals surface area contributed by atoms with Crippen LogP contribution in [0.1, 0.15) is 18.6 Å². The van der Waals surface area contributed by atoms with Crippen molar-refractivity contribution in [3.05, 3.63) is 57.8 Å². The molecule has 1 N–H and O–H groups in total. The Hall–Kier alpha value is -1.45. The molecule has 2 aromatic carbocycles. The lowest BCUT2D eigenvalue weighted by Gasteiger charge is -2.33. The van der Waals surface area contributed by atoms with Crippen LogP contribution in [0.2, 0.25) is 10.0 Å². The van der Waals surface area contributed by atoms with Gasteiger partial charge in [0.15, 0.2) is 5.75 Å². The van der Waals surface area contributed by atoms with Gasteiger partial charge in [-0.1, -0.05) is 35.3 Å². The van der Waals surface area contributed by atoms with Crippen LogP contribution in [0.4, 0.5) is 10.1 Å². The number of hydrogen-bond acceptors (Lipinski definition) is 2. The van der Waals surface area contributed by atoms with Gasteiger partial charge in [0.25, 0.3) is 0 Å². The zero-order chi connectivity index (χ0) is 14.3. The molecule has 3 rings (SSSR count). The van der Waals surface area contributed by atoms with Crippen molar-refractivity contribution in [3.63, 3.8) is 0 Å². The van der Waals surface area contributed by atoms with E-state index in [1.54, 1.807) is 0 Å². The molecule has 0 saturated heterocycles. The van der Waals surface area contributed by atoms with Crippen molar-refractivity contribution in [1.29, 1.82) is 0 Å². The van der Waals surface area contributed by atoms with Gasteiger partial charge in [0.05, 0.1) is 16.8 Å². The molecule has 0 spiro atoms. The van der Waals surface area contributed by atoms with E-state index in [9.17, 15) is 4.39 Å². The van der Waals surface area contributed by atoms with Crippen LogP contribution in [-0.4, -0.2) is 6.04 Å². The van der Waals surface area contributed by atoms with Crippen molar-refractivity contribution in [2.45, 2.75) is 19.1 Å². The predicted molar refractivity (Wildman–Crippen MR) is 79.3 cm³/mol. The molecule has 1 heterocycles. The molecule has 0 aromatic heterocycles. The van der Waals surface area contributed by atoms with Crippen molar-refractivity contribution >= 4 is 28.9 Å². The third kappa shape index (κ3) is 2.43. The number of nitrogens with one attached hydrogen (secondary N) is 1. The lowest BCUT2D eigenvalue weighted by molar-refractivity contribution is 0.177. The molecule has 0 fully saturated rings. The first kappa shape index (κ1) is 13.5. The van der Waals surface area contributed by atoms with Gasteiger partial charge in [0.1, 0.15) is 11.9 Å². The first-order chi connectivity index (χ1) is 9.54. The van der Waals surface area contributed by atoms with Crippen molar-refractivity contribution < 1.29 is 9.13 Å². The standard InChI is InChI=1S/C15H12Cl2FNO/c1-8-14(9-2-4-10(16)5-3-9)20-15-12(17)6-11(18)7-13(15)19-8/h2-8,14,19H,1H3. The van der Waals surface area contributed by atoms with Gasteiger partial charge < -0.3 is 10.1 Å². The lowest BCUT2D eigenvalue weighted by Crippen LogP contribution is -2.32. The predicted octanol–water partition coefficient (Wildman–Crippen LogP) is 5.07. The monoisotopic (exact) mass is 311 g/mol. The highest BCUT2D eigenvalue weighted by atomic mass is 35.5. The molecule has 1 aliphatic heterocycles. The van der Waals surface area contributed by atoms with E-state index in [-0.39, 0.29) is 23.0 Å². The van der Waals surface area contributed by atoms with Crippen molar-refractivity contribution in [2.24, 2.45) is 0 Å². The summed E-state index contributed by atoms with van der Waals surface area (Å²) in [5, 5.41) is 4.16. The molecule has 2 atom stereocenters. The largest absolute Gasteiger partial charge is 0.480 e. The van der Waals surface area contributed by atoms with Gasteiger partial charge in [-0.15, -0.1) is 0 Å². The molecular formula is C15H12Cl2FNO. The SMILES string of the molecule is CC1Nc2cc(F)cc(Cl)c2OC1c1ccc(Cl)cc1. The van der Waals surface area contributed by atoms with E-state index < -0.39 is 0 Å². The summed E-state index contributed by atoms with van der Waals surface area (Å²) in [5.41, 5.74) is 1.56. The lowest BCUT2D eigenvalue weighted by atomic mass is 10.0. The van der Waals surface area contributed by atoms with Gasteiger partial charge in [0.2, 0.25) is 0 Å². The third-order valence-electron chi connectivity index (χ3n) is 3.29. The molecule has 2 nitrogen and oxygen atoms in total. The Kier molecular flexibility index (Phi) is 3.48. The Bertz CT molecular complexity index is 645. The van der Waals surface area contributed by atoms with Crippen LogP contribution in [-0.2, 0) is 0 Å². The van der Waals surface area contributed by atoms with Crippen molar-refractivity contribution in [3.8, 4) is 5.75 Å². The van der Waals surface area contributed by atoms with Gasteiger partial charge in [-0.05, 0) is 30.7 Å². The molecule has 2 unspecified atom stereocenters. The molecule has 20 heavy (non-hydrogen) atoms. The zero-order valence-electron chi connectivity index (χ0n) is 10.7. The summed E-state index contributed by atoms with van der Waals surface area (Å²) in [6.45, 7) is 1.97. The van der Waals surface area contributed by atoms with Gasteiger partial charge in [-0.25, -0.2) is 4.39 Å². The number of halogens is 3. The first-order valence-corrected chi connectivity index (χ1v) is 6.98. The highest BCUT2D eigenvalue weighted by Crippen LogP contribution is 2.42. The van der Waals surface area contributed by atoms with E-state index in [0.717, 1.165) is 5.56 Å². The van der Waals surface area contributed by atoms with Crippen LogP contribution in [0.5, 0.6) is 5.75 Å². The molecule has 104 valence electrons. The topological polar surface area (TPSA) is 21.3 Å². The number of anilines is 1. The highest BCUT2D eigenvalue weighted by Gasteiger charge is 2.29.